The Kier molecular flexibility index (Phi) is 10.4. The van der Waals surface area contributed by atoms with Gasteiger partial charge in [0.15, 0.2) is 17.4 Å². The van der Waals surface area contributed by atoms with E-state index in [1.165, 1.54) is 18.2 Å². The van der Waals surface area contributed by atoms with E-state index in [2.05, 4.69) is 11.1 Å². The summed E-state index contributed by atoms with van der Waals surface area (Å²) in [7, 11) is 0. The Balaban J connectivity index is 0.000000234. The number of carbonyl (C=O) groups excluding carboxylic acids is 1. The van der Waals surface area contributed by atoms with Gasteiger partial charge >= 0.3 is 0 Å². The van der Waals surface area contributed by atoms with Crippen LogP contribution in [0.15, 0.2) is 84.8 Å². The number of aromatic nitrogens is 1. The van der Waals surface area contributed by atoms with Gasteiger partial charge in [0.05, 0.1) is 11.5 Å². The molecule has 0 bridgehead atoms. The van der Waals surface area contributed by atoms with Crippen molar-refractivity contribution in [3.05, 3.63) is 102 Å². The minimum Gasteiger partial charge on any atom is -0.512 e. The van der Waals surface area contributed by atoms with Crippen LogP contribution in [0, 0.1) is 29.5 Å². The summed E-state index contributed by atoms with van der Waals surface area (Å²) in [5.41, 5.74) is 1.64. The largest absolute Gasteiger partial charge is 0.512 e. The Morgan fingerprint density at radius 1 is 0.809 bits per heavy atom. The molecule has 4 nitrogen and oxygen atoms in total. The maximum absolute atomic E-state index is 14.1. The van der Waals surface area contributed by atoms with E-state index in [1.807, 2.05) is 82.3 Å². The summed E-state index contributed by atoms with van der Waals surface area (Å²) in [6, 6.07) is 23.5. The van der Waals surface area contributed by atoms with Crippen LogP contribution in [0.25, 0.3) is 54.3 Å². The third-order valence-corrected chi connectivity index (χ3v) is 9.16. The number of hydrogen-bond donors (Lipinski definition) is 1. The smallest absolute Gasteiger partial charge is 0.162 e. The van der Waals surface area contributed by atoms with E-state index >= 15 is 0 Å². The Morgan fingerprint density at radius 3 is 2.23 bits per heavy atom. The fourth-order valence-corrected chi connectivity index (χ4v) is 6.44. The third-order valence-electron chi connectivity index (χ3n) is 9.16. The van der Waals surface area contributed by atoms with Gasteiger partial charge in [-0.2, -0.15) is 0 Å². The van der Waals surface area contributed by atoms with E-state index in [-0.39, 0.29) is 43.5 Å². The van der Waals surface area contributed by atoms with Gasteiger partial charge in [0.1, 0.15) is 5.75 Å². The third kappa shape index (κ3) is 6.39. The van der Waals surface area contributed by atoms with Crippen LogP contribution >= 0.6 is 0 Å². The number of hydrogen-bond acceptors (Lipinski definition) is 4. The van der Waals surface area contributed by atoms with Crippen LogP contribution in [0.4, 0.5) is 8.78 Å². The summed E-state index contributed by atoms with van der Waals surface area (Å²) >= 11 is 0. The summed E-state index contributed by atoms with van der Waals surface area (Å²) in [5, 5.41) is 16.7. The molecule has 47 heavy (non-hydrogen) atoms. The van der Waals surface area contributed by atoms with Crippen LogP contribution in [-0.2, 0) is 24.9 Å². The second kappa shape index (κ2) is 14.3. The van der Waals surface area contributed by atoms with Crippen molar-refractivity contribution in [1.29, 1.82) is 0 Å². The van der Waals surface area contributed by atoms with Gasteiger partial charge in [-0.3, -0.25) is 9.78 Å². The van der Waals surface area contributed by atoms with Crippen LogP contribution in [0.1, 0.15) is 53.4 Å². The van der Waals surface area contributed by atoms with Gasteiger partial charge < -0.3 is 9.84 Å². The van der Waals surface area contributed by atoms with Gasteiger partial charge in [0.2, 0.25) is 0 Å². The second-order valence-corrected chi connectivity index (χ2v) is 11.8. The van der Waals surface area contributed by atoms with Crippen molar-refractivity contribution >= 4 is 48.9 Å². The summed E-state index contributed by atoms with van der Waals surface area (Å²) in [5.74, 6) is 0.165. The predicted octanol–water partition coefficient (Wildman–Crippen LogP) is 11.4. The molecule has 2 heterocycles. The number of rotatable bonds is 7. The van der Waals surface area contributed by atoms with Crippen LogP contribution in [0.2, 0.25) is 0 Å². The first kappa shape index (κ1) is 34.2. The van der Waals surface area contributed by atoms with Crippen LogP contribution in [-0.4, -0.2) is 15.9 Å². The van der Waals surface area contributed by atoms with Gasteiger partial charge in [-0.15, -0.1) is 17.5 Å². The number of halogens is 2. The molecule has 1 aliphatic heterocycles. The summed E-state index contributed by atoms with van der Waals surface area (Å²) in [4.78, 5) is 16.4. The molecule has 1 N–H and O–H groups in total. The Bertz CT molecular complexity index is 2150. The number of allylic oxidation sites excluding steroid dienone is 2. The van der Waals surface area contributed by atoms with Crippen LogP contribution in [0.3, 0.4) is 0 Å². The van der Waals surface area contributed by atoms with Gasteiger partial charge in [-0.05, 0) is 76.9 Å². The molecule has 0 amide bonds. The molecule has 0 spiro atoms. The van der Waals surface area contributed by atoms with Crippen molar-refractivity contribution in [2.45, 2.75) is 53.4 Å². The molecule has 0 saturated heterocycles. The number of benzene rings is 5. The molecule has 7 heteroatoms. The van der Waals surface area contributed by atoms with Crippen molar-refractivity contribution in [2.75, 3.05) is 0 Å². The maximum atomic E-state index is 14.1. The molecule has 1 aromatic heterocycles. The van der Waals surface area contributed by atoms with Crippen LogP contribution in [0.5, 0.6) is 11.5 Å². The predicted molar refractivity (Wildman–Crippen MR) is 182 cm³/mol. The van der Waals surface area contributed by atoms with Gasteiger partial charge in [0.25, 0.3) is 0 Å². The standard InChI is InChI=1S/C27H12F2NO.C13H24O2.Ir/c28-22-10-16-5-6-17-18-7-8-30-27-21-9-14-3-1-2-4-15(14)11-24(21)31-25(26(18)27)13-20(17)19(16)12-23(22)29;1-5-10(6-2)12(14)9-13(15)11(7-3)8-4;/h1-8,10-13H;9-11,14H,5-8H2,1-4H3;/q-1;;/b;12-9-;. The quantitative estimate of drug-likeness (QED) is 0.0754. The Morgan fingerprint density at radius 2 is 1.51 bits per heavy atom. The average Bonchev–Trinajstić information content (AvgIpc) is 3.06. The number of carbonyl (C=O) groups is 1. The number of fused-ring (bicyclic) bond motifs is 7. The number of ether oxygens (including phenoxy) is 1. The number of aliphatic hydroxyl groups excluding tert-OH is 1. The molecule has 0 fully saturated rings. The van der Waals surface area contributed by atoms with Crippen molar-refractivity contribution < 1.29 is 43.5 Å². The molecular weight excluding hydrogens is 773 g/mol. The fraction of sp³-hybridized carbons (Fsp3) is 0.250. The molecule has 0 aliphatic carbocycles. The summed E-state index contributed by atoms with van der Waals surface area (Å²) in [6.45, 7) is 8.07. The van der Waals surface area contributed by atoms with Crippen molar-refractivity contribution in [3.63, 3.8) is 0 Å². The molecule has 243 valence electrons. The maximum Gasteiger partial charge on any atom is 0.162 e. The normalized spacial score (nSPS) is 12.2. The zero-order valence-electron chi connectivity index (χ0n) is 26.8. The van der Waals surface area contributed by atoms with Crippen molar-refractivity contribution in [1.82, 2.24) is 4.98 Å². The first-order chi connectivity index (χ1) is 22.3. The number of nitrogens with zero attached hydrogens (tertiary/aromatic N) is 1. The van der Waals surface area contributed by atoms with Gasteiger partial charge in [-0.25, -0.2) is 8.78 Å². The topological polar surface area (TPSA) is 59.4 Å². The fourth-order valence-electron chi connectivity index (χ4n) is 6.44. The minimum absolute atomic E-state index is 0. The van der Waals surface area contributed by atoms with E-state index in [9.17, 15) is 18.7 Å². The monoisotopic (exact) mass is 809 g/mol. The molecular formula is C40H36F2IrNO3-. The van der Waals surface area contributed by atoms with Gasteiger partial charge in [-0.1, -0.05) is 75.0 Å². The first-order valence-corrected chi connectivity index (χ1v) is 16.0. The number of pyridine rings is 1. The second-order valence-electron chi connectivity index (χ2n) is 11.8. The first-order valence-electron chi connectivity index (χ1n) is 16.0. The minimum atomic E-state index is -0.864. The molecule has 1 aliphatic rings. The number of aliphatic hydroxyl groups is 1. The zero-order chi connectivity index (χ0) is 32.5. The molecule has 6 aromatic rings. The Labute approximate surface area is 286 Å². The van der Waals surface area contributed by atoms with E-state index < -0.39 is 11.6 Å². The van der Waals surface area contributed by atoms with Crippen LogP contribution < -0.4 is 4.74 Å². The summed E-state index contributed by atoms with van der Waals surface area (Å²) < 4.78 is 34.2. The van der Waals surface area contributed by atoms with Crippen molar-refractivity contribution in [2.24, 2.45) is 11.8 Å². The molecule has 0 atom stereocenters. The van der Waals surface area contributed by atoms with E-state index in [0.717, 1.165) is 69.3 Å². The Hall–Kier alpha value is -4.19. The molecule has 0 saturated carbocycles. The number of ketones is 1. The molecule has 1 radical (unpaired) electrons. The summed E-state index contributed by atoms with van der Waals surface area (Å²) in [6.07, 6.45) is 6.68. The zero-order valence-corrected chi connectivity index (χ0v) is 29.2. The SMILES string of the molecule is CCC(CC)C(=O)/C=C(\O)C(CC)CC.Fc1cc2ccc3c4ccnc5c4c(cc3c2cc1F)Oc1cc2ccccc2[c-]c1-5.[Ir]. The van der Waals surface area contributed by atoms with E-state index in [4.69, 9.17) is 4.74 Å². The average molecular weight is 809 g/mol. The van der Waals surface area contributed by atoms with E-state index in [0.29, 0.717) is 22.3 Å². The van der Waals surface area contributed by atoms with E-state index in [1.54, 1.807) is 6.20 Å². The van der Waals surface area contributed by atoms with Gasteiger partial charge in [0, 0.05) is 55.3 Å². The van der Waals surface area contributed by atoms with Crippen molar-refractivity contribution in [3.8, 4) is 22.8 Å². The molecule has 5 aromatic carbocycles. The molecule has 7 rings (SSSR count). The molecule has 0 unspecified atom stereocenters.